The molecule has 2 bridgehead atoms. The van der Waals surface area contributed by atoms with Gasteiger partial charge in [0.15, 0.2) is 0 Å². The summed E-state index contributed by atoms with van der Waals surface area (Å²) in [6.07, 6.45) is 7.77. The Labute approximate surface area is 121 Å². The first-order valence-electron chi connectivity index (χ1n) is 8.38. The Bertz CT molecular complexity index is 346. The summed E-state index contributed by atoms with van der Waals surface area (Å²) in [5.74, 6) is 0.381. The van der Waals surface area contributed by atoms with Gasteiger partial charge in [0.2, 0.25) is 5.91 Å². The molecule has 3 aliphatic rings. The van der Waals surface area contributed by atoms with Crippen LogP contribution in [0.15, 0.2) is 0 Å². The van der Waals surface area contributed by atoms with Gasteiger partial charge in [-0.05, 0) is 51.5 Å². The van der Waals surface area contributed by atoms with Crippen LogP contribution in [0.2, 0.25) is 0 Å². The molecule has 3 heterocycles. The zero-order valence-electron chi connectivity index (χ0n) is 12.6. The molecule has 4 heteroatoms. The molecule has 20 heavy (non-hydrogen) atoms. The fourth-order valence-electron chi connectivity index (χ4n) is 4.70. The van der Waals surface area contributed by atoms with E-state index in [1.165, 1.54) is 0 Å². The molecule has 0 saturated carbocycles. The van der Waals surface area contributed by atoms with E-state index in [0.717, 1.165) is 64.5 Å². The summed E-state index contributed by atoms with van der Waals surface area (Å²) in [5, 5.41) is 13.4. The van der Waals surface area contributed by atoms with Crippen LogP contribution in [0.3, 0.4) is 0 Å². The Balaban J connectivity index is 1.79. The lowest BCUT2D eigenvalue weighted by molar-refractivity contribution is -0.150. The summed E-state index contributed by atoms with van der Waals surface area (Å²) >= 11 is 0. The van der Waals surface area contributed by atoms with E-state index in [2.05, 4.69) is 17.1 Å². The number of rotatable bonds is 3. The number of carbonyl (C=O) groups excluding carboxylic acids is 1. The van der Waals surface area contributed by atoms with E-state index in [1.54, 1.807) is 0 Å². The van der Waals surface area contributed by atoms with Crippen molar-refractivity contribution in [3.8, 4) is 0 Å². The Morgan fingerprint density at radius 2 is 2.05 bits per heavy atom. The number of aliphatic hydroxyl groups is 1. The van der Waals surface area contributed by atoms with Gasteiger partial charge in [0.1, 0.15) is 0 Å². The predicted molar refractivity (Wildman–Crippen MR) is 78.3 cm³/mol. The molecule has 0 radical (unpaired) electrons. The van der Waals surface area contributed by atoms with Crippen molar-refractivity contribution in [3.63, 3.8) is 0 Å². The van der Waals surface area contributed by atoms with Crippen LogP contribution in [-0.2, 0) is 4.79 Å². The summed E-state index contributed by atoms with van der Waals surface area (Å²) in [6, 6.07) is 0.596. The standard InChI is InChI=1S/C16H28N2O2/c1-2-6-16(7-3-8-17-11-16)15(20)18-12-4-5-13(18)10-14(19)9-12/h12-14,17,19H,2-11H2,1H3. The normalized spacial score (nSPS) is 40.9. The van der Waals surface area contributed by atoms with Gasteiger partial charge in [-0.3, -0.25) is 4.79 Å². The molecule has 2 N–H and O–H groups in total. The zero-order chi connectivity index (χ0) is 14.2. The average molecular weight is 280 g/mol. The van der Waals surface area contributed by atoms with Crippen LogP contribution in [0.5, 0.6) is 0 Å². The first-order chi connectivity index (χ1) is 9.66. The molecule has 3 fully saturated rings. The highest BCUT2D eigenvalue weighted by atomic mass is 16.3. The van der Waals surface area contributed by atoms with E-state index in [9.17, 15) is 9.90 Å². The molecule has 0 aromatic heterocycles. The lowest BCUT2D eigenvalue weighted by atomic mass is 9.75. The molecule has 3 aliphatic heterocycles. The summed E-state index contributed by atoms with van der Waals surface area (Å²) < 4.78 is 0. The number of amides is 1. The first kappa shape index (κ1) is 14.3. The maximum absolute atomic E-state index is 13.2. The highest BCUT2D eigenvalue weighted by molar-refractivity contribution is 5.84. The van der Waals surface area contributed by atoms with Gasteiger partial charge in [-0.15, -0.1) is 0 Å². The fourth-order valence-corrected chi connectivity index (χ4v) is 4.70. The van der Waals surface area contributed by atoms with E-state index >= 15 is 0 Å². The third-order valence-corrected chi connectivity index (χ3v) is 5.60. The Morgan fingerprint density at radius 3 is 2.60 bits per heavy atom. The van der Waals surface area contributed by atoms with Crippen LogP contribution in [0.25, 0.3) is 0 Å². The quantitative estimate of drug-likeness (QED) is 0.827. The molecule has 0 aliphatic carbocycles. The van der Waals surface area contributed by atoms with E-state index in [0.29, 0.717) is 18.0 Å². The lowest BCUT2D eigenvalue weighted by Gasteiger charge is -2.45. The molecule has 0 spiro atoms. The number of hydrogen-bond donors (Lipinski definition) is 2. The second-order valence-corrected chi connectivity index (χ2v) is 7.03. The van der Waals surface area contributed by atoms with Crippen molar-refractivity contribution >= 4 is 5.91 Å². The van der Waals surface area contributed by atoms with Crippen LogP contribution >= 0.6 is 0 Å². The van der Waals surface area contributed by atoms with Crippen molar-refractivity contribution in [2.45, 2.75) is 76.5 Å². The molecule has 3 unspecified atom stereocenters. The smallest absolute Gasteiger partial charge is 0.230 e. The molecule has 0 aromatic carbocycles. The maximum atomic E-state index is 13.2. The number of piperidine rings is 2. The van der Waals surface area contributed by atoms with Gasteiger partial charge < -0.3 is 15.3 Å². The van der Waals surface area contributed by atoms with Crippen molar-refractivity contribution < 1.29 is 9.90 Å². The summed E-state index contributed by atoms with van der Waals surface area (Å²) in [6.45, 7) is 4.07. The van der Waals surface area contributed by atoms with Crippen LogP contribution in [0.4, 0.5) is 0 Å². The van der Waals surface area contributed by atoms with Crippen LogP contribution in [0.1, 0.15) is 58.3 Å². The van der Waals surface area contributed by atoms with Crippen molar-refractivity contribution in [2.75, 3.05) is 13.1 Å². The molecule has 3 rings (SSSR count). The molecule has 0 aromatic rings. The van der Waals surface area contributed by atoms with Gasteiger partial charge in [-0.25, -0.2) is 0 Å². The maximum Gasteiger partial charge on any atom is 0.230 e. The van der Waals surface area contributed by atoms with E-state index < -0.39 is 0 Å². The molecule has 3 saturated heterocycles. The van der Waals surface area contributed by atoms with Crippen LogP contribution in [-0.4, -0.2) is 47.2 Å². The van der Waals surface area contributed by atoms with Gasteiger partial charge in [0, 0.05) is 18.6 Å². The Morgan fingerprint density at radius 1 is 1.35 bits per heavy atom. The number of fused-ring (bicyclic) bond motifs is 2. The molecule has 3 atom stereocenters. The number of nitrogens with one attached hydrogen (secondary N) is 1. The molecule has 1 amide bonds. The lowest BCUT2D eigenvalue weighted by Crippen LogP contribution is -2.57. The van der Waals surface area contributed by atoms with Crippen molar-refractivity contribution in [1.29, 1.82) is 0 Å². The van der Waals surface area contributed by atoms with E-state index in [-0.39, 0.29) is 11.5 Å². The summed E-state index contributed by atoms with van der Waals surface area (Å²) in [5.41, 5.74) is -0.171. The minimum absolute atomic E-state index is 0.171. The topological polar surface area (TPSA) is 52.6 Å². The molecule has 4 nitrogen and oxygen atoms in total. The largest absolute Gasteiger partial charge is 0.393 e. The molecule has 114 valence electrons. The monoisotopic (exact) mass is 280 g/mol. The van der Waals surface area contributed by atoms with Crippen LogP contribution in [0, 0.1) is 5.41 Å². The molecular weight excluding hydrogens is 252 g/mol. The highest BCUT2D eigenvalue weighted by Crippen LogP contribution is 2.42. The first-order valence-corrected chi connectivity index (χ1v) is 8.38. The second kappa shape index (κ2) is 5.64. The van der Waals surface area contributed by atoms with Gasteiger partial charge in [0.25, 0.3) is 0 Å². The minimum atomic E-state index is -0.192. The second-order valence-electron chi connectivity index (χ2n) is 7.03. The zero-order valence-corrected chi connectivity index (χ0v) is 12.6. The molecular formula is C16H28N2O2. The van der Waals surface area contributed by atoms with Gasteiger partial charge in [-0.2, -0.15) is 0 Å². The van der Waals surface area contributed by atoms with Crippen molar-refractivity contribution in [2.24, 2.45) is 5.41 Å². The highest BCUT2D eigenvalue weighted by Gasteiger charge is 2.49. The van der Waals surface area contributed by atoms with Crippen molar-refractivity contribution in [1.82, 2.24) is 10.2 Å². The fraction of sp³-hybridized carbons (Fsp3) is 0.938. The SMILES string of the molecule is CCCC1(C(=O)N2C3CCC2CC(O)C3)CCCNC1. The van der Waals surface area contributed by atoms with E-state index in [4.69, 9.17) is 0 Å². The number of carbonyl (C=O) groups is 1. The Kier molecular flexibility index (Phi) is 4.04. The Hall–Kier alpha value is -0.610. The minimum Gasteiger partial charge on any atom is -0.393 e. The van der Waals surface area contributed by atoms with Gasteiger partial charge in [0.05, 0.1) is 11.5 Å². The number of hydrogen-bond acceptors (Lipinski definition) is 3. The predicted octanol–water partition coefficient (Wildman–Crippen LogP) is 1.67. The third-order valence-electron chi connectivity index (χ3n) is 5.60. The number of nitrogens with zero attached hydrogens (tertiary/aromatic N) is 1. The third kappa shape index (κ3) is 2.37. The van der Waals surface area contributed by atoms with Gasteiger partial charge >= 0.3 is 0 Å². The van der Waals surface area contributed by atoms with Crippen molar-refractivity contribution in [3.05, 3.63) is 0 Å². The average Bonchev–Trinajstić information content (AvgIpc) is 2.71. The van der Waals surface area contributed by atoms with Gasteiger partial charge in [-0.1, -0.05) is 13.3 Å². The van der Waals surface area contributed by atoms with E-state index in [1.807, 2.05) is 0 Å². The van der Waals surface area contributed by atoms with Crippen LogP contribution < -0.4 is 5.32 Å². The number of aliphatic hydroxyl groups excluding tert-OH is 1. The summed E-state index contributed by atoms with van der Waals surface area (Å²) in [7, 11) is 0. The summed E-state index contributed by atoms with van der Waals surface area (Å²) in [4.78, 5) is 15.4.